The van der Waals surface area contributed by atoms with Crippen LogP contribution < -0.4 is 5.32 Å². The van der Waals surface area contributed by atoms with Gasteiger partial charge in [0.05, 0.1) is 6.61 Å². The van der Waals surface area contributed by atoms with Crippen LogP contribution >= 0.6 is 11.8 Å². The Morgan fingerprint density at radius 2 is 2.19 bits per heavy atom. The molecule has 16 heavy (non-hydrogen) atoms. The smallest absolute Gasteiger partial charge is 0.0509 e. The number of thioether (sulfide) groups is 1. The van der Waals surface area contributed by atoms with Crippen LogP contribution in [0.5, 0.6) is 0 Å². The molecule has 1 saturated heterocycles. The van der Waals surface area contributed by atoms with Gasteiger partial charge in [0.2, 0.25) is 0 Å². The molecule has 1 aliphatic heterocycles. The second-order valence-electron chi connectivity index (χ2n) is 5.30. The lowest BCUT2D eigenvalue weighted by molar-refractivity contribution is 0.175. The van der Waals surface area contributed by atoms with E-state index in [0.717, 1.165) is 30.4 Å². The first-order valence-corrected chi connectivity index (χ1v) is 7.95. The largest absolute Gasteiger partial charge is 0.381 e. The predicted molar refractivity (Wildman–Crippen MR) is 71.1 cm³/mol. The highest BCUT2D eigenvalue weighted by molar-refractivity contribution is 7.99. The van der Waals surface area contributed by atoms with E-state index < -0.39 is 0 Å². The van der Waals surface area contributed by atoms with Crippen LogP contribution in [-0.2, 0) is 4.74 Å². The van der Waals surface area contributed by atoms with Crippen LogP contribution in [0, 0.1) is 5.92 Å². The van der Waals surface area contributed by atoms with Gasteiger partial charge in [-0.2, -0.15) is 11.8 Å². The number of ether oxygens (including phenoxy) is 1. The van der Waals surface area contributed by atoms with Crippen LogP contribution in [0.1, 0.15) is 39.0 Å². The number of hydrogen-bond acceptors (Lipinski definition) is 3. The summed E-state index contributed by atoms with van der Waals surface area (Å²) in [6, 6.07) is 1.38. The Balaban J connectivity index is 1.75. The highest BCUT2D eigenvalue weighted by Crippen LogP contribution is 2.28. The zero-order chi connectivity index (χ0) is 11.4. The molecule has 1 heterocycles. The third-order valence-electron chi connectivity index (χ3n) is 4.13. The Kier molecular flexibility index (Phi) is 4.98. The van der Waals surface area contributed by atoms with Gasteiger partial charge in [0.15, 0.2) is 0 Å². The van der Waals surface area contributed by atoms with Gasteiger partial charge < -0.3 is 10.1 Å². The molecule has 2 rings (SSSR count). The molecule has 2 nitrogen and oxygen atoms in total. The van der Waals surface area contributed by atoms with E-state index in [-0.39, 0.29) is 0 Å². The average Bonchev–Trinajstić information content (AvgIpc) is 2.83. The number of nitrogens with one attached hydrogen (secondary N) is 1. The minimum Gasteiger partial charge on any atom is -0.381 e. The molecule has 4 unspecified atom stereocenters. The molecule has 1 N–H and O–H groups in total. The molecule has 2 aliphatic rings. The first-order chi connectivity index (χ1) is 7.79. The summed E-state index contributed by atoms with van der Waals surface area (Å²) in [5.74, 6) is 0.745. The van der Waals surface area contributed by atoms with Crippen LogP contribution in [0.3, 0.4) is 0 Å². The summed E-state index contributed by atoms with van der Waals surface area (Å²) in [6.45, 7) is 4.27. The Bertz CT molecular complexity index is 206. The van der Waals surface area contributed by atoms with Gasteiger partial charge in [-0.1, -0.05) is 6.42 Å². The normalized spacial score (nSPS) is 37.5. The standard InChI is InChI=1S/C13H25NOS/c1-10(11-6-7-15-9-11)14-12-4-3-5-13(8-12)16-2/h10-14H,3-9H2,1-2H3. The molecule has 1 saturated carbocycles. The van der Waals surface area contributed by atoms with Crippen LogP contribution in [0.15, 0.2) is 0 Å². The maximum atomic E-state index is 5.47. The SMILES string of the molecule is CSC1CCCC(NC(C)C2CCOC2)C1. The molecule has 0 aromatic carbocycles. The van der Waals surface area contributed by atoms with Crippen molar-refractivity contribution < 1.29 is 4.74 Å². The molecule has 2 fully saturated rings. The second-order valence-corrected chi connectivity index (χ2v) is 6.44. The van der Waals surface area contributed by atoms with E-state index in [2.05, 4.69) is 18.5 Å². The maximum absolute atomic E-state index is 5.47. The topological polar surface area (TPSA) is 21.3 Å². The zero-order valence-corrected chi connectivity index (χ0v) is 11.4. The number of hydrogen-bond donors (Lipinski definition) is 1. The zero-order valence-electron chi connectivity index (χ0n) is 10.6. The van der Waals surface area contributed by atoms with Crippen molar-refractivity contribution >= 4 is 11.8 Å². The van der Waals surface area contributed by atoms with Crippen molar-refractivity contribution in [2.45, 2.75) is 56.4 Å². The molecule has 0 aromatic heterocycles. The monoisotopic (exact) mass is 243 g/mol. The van der Waals surface area contributed by atoms with Crippen LogP contribution in [0.25, 0.3) is 0 Å². The summed E-state index contributed by atoms with van der Waals surface area (Å²) < 4.78 is 5.47. The van der Waals surface area contributed by atoms with Crippen molar-refractivity contribution in [3.8, 4) is 0 Å². The van der Waals surface area contributed by atoms with E-state index >= 15 is 0 Å². The minimum atomic E-state index is 0.633. The van der Waals surface area contributed by atoms with Crippen LogP contribution in [0.4, 0.5) is 0 Å². The number of rotatable bonds is 4. The predicted octanol–water partition coefficient (Wildman–Crippen LogP) is 2.68. The van der Waals surface area contributed by atoms with E-state index in [1.54, 1.807) is 0 Å². The Hall–Kier alpha value is 0.270. The average molecular weight is 243 g/mol. The fourth-order valence-corrected chi connectivity index (χ4v) is 3.79. The second kappa shape index (κ2) is 6.27. The molecule has 3 heteroatoms. The van der Waals surface area contributed by atoms with Crippen LogP contribution in [-0.4, -0.2) is 36.8 Å². The fraction of sp³-hybridized carbons (Fsp3) is 1.00. The molecule has 1 aliphatic carbocycles. The van der Waals surface area contributed by atoms with E-state index in [1.807, 2.05) is 11.8 Å². The summed E-state index contributed by atoms with van der Waals surface area (Å²) in [7, 11) is 0. The molecule has 0 radical (unpaired) electrons. The lowest BCUT2D eigenvalue weighted by Gasteiger charge is -2.32. The first kappa shape index (κ1) is 12.7. The molecule has 0 bridgehead atoms. The molecule has 0 amide bonds. The van der Waals surface area contributed by atoms with Gasteiger partial charge in [0, 0.05) is 23.9 Å². The maximum Gasteiger partial charge on any atom is 0.0509 e. The molecule has 0 aromatic rings. The summed E-state index contributed by atoms with van der Waals surface area (Å²) >= 11 is 2.04. The van der Waals surface area contributed by atoms with Gasteiger partial charge in [-0.25, -0.2) is 0 Å². The van der Waals surface area contributed by atoms with Crippen molar-refractivity contribution in [2.75, 3.05) is 19.5 Å². The van der Waals surface area contributed by atoms with Gasteiger partial charge in [0.1, 0.15) is 0 Å². The Labute approximate surface area is 104 Å². The summed E-state index contributed by atoms with van der Waals surface area (Å²) in [4.78, 5) is 0. The Morgan fingerprint density at radius 3 is 2.88 bits per heavy atom. The third kappa shape index (κ3) is 3.38. The van der Waals surface area contributed by atoms with Gasteiger partial charge in [-0.15, -0.1) is 0 Å². The highest BCUT2D eigenvalue weighted by atomic mass is 32.2. The lowest BCUT2D eigenvalue weighted by Crippen LogP contribution is -2.43. The molecular weight excluding hydrogens is 218 g/mol. The Morgan fingerprint density at radius 1 is 1.31 bits per heavy atom. The highest BCUT2D eigenvalue weighted by Gasteiger charge is 2.27. The minimum absolute atomic E-state index is 0.633. The molecule has 4 atom stereocenters. The van der Waals surface area contributed by atoms with Gasteiger partial charge in [-0.05, 0) is 44.8 Å². The molecule has 94 valence electrons. The fourth-order valence-electron chi connectivity index (χ4n) is 2.97. The van der Waals surface area contributed by atoms with Crippen molar-refractivity contribution in [1.82, 2.24) is 5.32 Å². The molecule has 0 spiro atoms. The van der Waals surface area contributed by atoms with Crippen molar-refractivity contribution in [1.29, 1.82) is 0 Å². The molecular formula is C13H25NOS. The van der Waals surface area contributed by atoms with Crippen molar-refractivity contribution in [2.24, 2.45) is 5.92 Å². The third-order valence-corrected chi connectivity index (χ3v) is 5.22. The van der Waals surface area contributed by atoms with E-state index in [0.29, 0.717) is 6.04 Å². The van der Waals surface area contributed by atoms with Crippen molar-refractivity contribution in [3.05, 3.63) is 0 Å². The van der Waals surface area contributed by atoms with Crippen molar-refractivity contribution in [3.63, 3.8) is 0 Å². The lowest BCUT2D eigenvalue weighted by atomic mass is 9.92. The summed E-state index contributed by atoms with van der Waals surface area (Å²) in [6.07, 6.45) is 9.04. The van der Waals surface area contributed by atoms with E-state index in [9.17, 15) is 0 Å². The van der Waals surface area contributed by atoms with E-state index in [4.69, 9.17) is 4.74 Å². The van der Waals surface area contributed by atoms with E-state index in [1.165, 1.54) is 32.1 Å². The summed E-state index contributed by atoms with van der Waals surface area (Å²) in [5, 5.41) is 4.72. The van der Waals surface area contributed by atoms with Crippen LogP contribution in [0.2, 0.25) is 0 Å². The van der Waals surface area contributed by atoms with Gasteiger partial charge in [-0.3, -0.25) is 0 Å². The van der Waals surface area contributed by atoms with Gasteiger partial charge in [0.25, 0.3) is 0 Å². The van der Waals surface area contributed by atoms with Gasteiger partial charge >= 0.3 is 0 Å². The quantitative estimate of drug-likeness (QED) is 0.820. The summed E-state index contributed by atoms with van der Waals surface area (Å²) in [5.41, 5.74) is 0. The first-order valence-electron chi connectivity index (χ1n) is 6.66.